The van der Waals surface area contributed by atoms with Crippen molar-refractivity contribution in [2.75, 3.05) is 32.8 Å². The lowest BCUT2D eigenvalue weighted by Crippen LogP contribution is -2.50. The summed E-state index contributed by atoms with van der Waals surface area (Å²) < 4.78 is 31.6. The van der Waals surface area contributed by atoms with Crippen LogP contribution < -0.4 is 4.74 Å². The van der Waals surface area contributed by atoms with Crippen molar-refractivity contribution < 1.29 is 23.1 Å². The van der Waals surface area contributed by atoms with Crippen LogP contribution in [0.15, 0.2) is 36.4 Å². The normalized spacial score (nSPS) is 14.0. The highest BCUT2D eigenvalue weighted by Gasteiger charge is 2.25. The Balaban J connectivity index is 1.42. The summed E-state index contributed by atoms with van der Waals surface area (Å²) in [7, 11) is 0. The lowest BCUT2D eigenvalue weighted by molar-refractivity contribution is -0.132. The fourth-order valence-corrected chi connectivity index (χ4v) is 3.70. The highest BCUT2D eigenvalue weighted by atomic mass is 35.5. The Kier molecular flexibility index (Phi) is 7.50. The molecule has 9 heteroatoms. The second-order valence-electron chi connectivity index (χ2n) is 6.86. The van der Waals surface area contributed by atoms with Gasteiger partial charge in [0.2, 0.25) is 5.91 Å². The first-order valence-electron chi connectivity index (χ1n) is 9.44. The minimum absolute atomic E-state index is 0.0444. The molecule has 0 atom stereocenters. The van der Waals surface area contributed by atoms with Gasteiger partial charge in [-0.3, -0.25) is 9.59 Å². The number of ether oxygens (including phenoxy) is 1. The zero-order valence-corrected chi connectivity index (χ0v) is 17.6. The number of nitrogens with zero attached hydrogens (tertiary/aromatic N) is 2. The lowest BCUT2D eigenvalue weighted by atomic mass is 10.1. The smallest absolute Gasteiger partial charge is 0.254 e. The van der Waals surface area contributed by atoms with Crippen molar-refractivity contribution >= 4 is 35.0 Å². The maximum atomic E-state index is 13.5. The van der Waals surface area contributed by atoms with E-state index < -0.39 is 11.6 Å². The number of carbonyl (C=O) groups excluding carboxylic acids is 2. The van der Waals surface area contributed by atoms with Gasteiger partial charge in [-0.2, -0.15) is 0 Å². The molecule has 30 heavy (non-hydrogen) atoms. The van der Waals surface area contributed by atoms with Gasteiger partial charge < -0.3 is 14.5 Å². The van der Waals surface area contributed by atoms with Gasteiger partial charge in [0.25, 0.3) is 5.91 Å². The molecule has 3 rings (SSSR count). The van der Waals surface area contributed by atoms with Gasteiger partial charge in [0.15, 0.2) is 11.6 Å². The number of amides is 2. The quantitative estimate of drug-likeness (QED) is 0.604. The molecule has 160 valence electrons. The van der Waals surface area contributed by atoms with Gasteiger partial charge in [-0.15, -0.1) is 0 Å². The SMILES string of the molecule is O=C(CCCOc1ccc(F)cc1F)N1CCN(C(=O)c2cc(Cl)cc(Cl)c2)CC1. The minimum atomic E-state index is -0.775. The van der Waals surface area contributed by atoms with Crippen LogP contribution in [0.4, 0.5) is 8.78 Å². The van der Waals surface area contributed by atoms with E-state index in [1.165, 1.54) is 6.07 Å². The fraction of sp³-hybridized carbons (Fsp3) is 0.333. The molecular formula is C21H20Cl2F2N2O3. The Morgan fingerprint density at radius 2 is 1.57 bits per heavy atom. The molecule has 0 radical (unpaired) electrons. The average Bonchev–Trinajstić information content (AvgIpc) is 2.71. The number of carbonyl (C=O) groups is 2. The standard InChI is InChI=1S/C21H20Cl2F2N2O3/c22-15-10-14(11-16(23)12-15)21(29)27-7-5-26(6-8-27)20(28)2-1-9-30-19-4-3-17(24)13-18(19)25/h3-4,10-13H,1-2,5-9H2. The van der Waals surface area contributed by atoms with Gasteiger partial charge in [0.1, 0.15) is 5.82 Å². The number of halogens is 4. The van der Waals surface area contributed by atoms with Crippen LogP contribution in [0.2, 0.25) is 10.0 Å². The highest BCUT2D eigenvalue weighted by molar-refractivity contribution is 6.35. The molecule has 5 nitrogen and oxygen atoms in total. The molecule has 0 N–H and O–H groups in total. The third-order valence-electron chi connectivity index (χ3n) is 4.72. The van der Waals surface area contributed by atoms with Crippen LogP contribution in [-0.2, 0) is 4.79 Å². The van der Waals surface area contributed by atoms with Gasteiger partial charge in [-0.05, 0) is 36.8 Å². The maximum Gasteiger partial charge on any atom is 0.254 e. The van der Waals surface area contributed by atoms with Crippen molar-refractivity contribution in [2.45, 2.75) is 12.8 Å². The summed E-state index contributed by atoms with van der Waals surface area (Å²) >= 11 is 11.9. The molecule has 0 spiro atoms. The van der Waals surface area contributed by atoms with Crippen molar-refractivity contribution in [3.8, 4) is 5.75 Å². The van der Waals surface area contributed by atoms with Crippen LogP contribution in [0.5, 0.6) is 5.75 Å². The van der Waals surface area contributed by atoms with E-state index >= 15 is 0 Å². The topological polar surface area (TPSA) is 49.9 Å². The van der Waals surface area contributed by atoms with E-state index in [4.69, 9.17) is 27.9 Å². The van der Waals surface area contributed by atoms with Crippen LogP contribution in [-0.4, -0.2) is 54.4 Å². The Morgan fingerprint density at radius 3 is 2.20 bits per heavy atom. The molecular weight excluding hydrogens is 437 g/mol. The zero-order chi connectivity index (χ0) is 21.7. The number of hydrogen-bond donors (Lipinski definition) is 0. The minimum Gasteiger partial charge on any atom is -0.491 e. The number of piperazine rings is 1. The summed E-state index contributed by atoms with van der Waals surface area (Å²) in [5, 5.41) is 0.782. The molecule has 0 aliphatic carbocycles. The van der Waals surface area contributed by atoms with Crippen LogP contribution in [0.1, 0.15) is 23.2 Å². The van der Waals surface area contributed by atoms with Crippen LogP contribution in [0.3, 0.4) is 0 Å². The molecule has 1 saturated heterocycles. The molecule has 1 fully saturated rings. The van der Waals surface area contributed by atoms with E-state index in [0.29, 0.717) is 48.2 Å². The first-order chi connectivity index (χ1) is 14.3. The molecule has 0 bridgehead atoms. The maximum absolute atomic E-state index is 13.5. The number of hydrogen-bond acceptors (Lipinski definition) is 3. The van der Waals surface area contributed by atoms with Crippen LogP contribution in [0, 0.1) is 11.6 Å². The van der Waals surface area contributed by atoms with Gasteiger partial charge in [-0.25, -0.2) is 8.78 Å². The summed E-state index contributed by atoms with van der Waals surface area (Å²) in [6.45, 7) is 1.80. The molecule has 0 unspecified atom stereocenters. The summed E-state index contributed by atoms with van der Waals surface area (Å²) in [5.74, 6) is -1.73. The fourth-order valence-electron chi connectivity index (χ4n) is 3.17. The second kappa shape index (κ2) is 10.1. The van der Waals surface area contributed by atoms with E-state index in [0.717, 1.165) is 12.1 Å². The molecule has 1 heterocycles. The Hall–Kier alpha value is -2.38. The van der Waals surface area contributed by atoms with Crippen molar-refractivity contribution in [2.24, 2.45) is 0 Å². The first kappa shape index (κ1) is 22.3. The van der Waals surface area contributed by atoms with Gasteiger partial charge in [0, 0.05) is 54.3 Å². The summed E-state index contributed by atoms with van der Waals surface area (Å²) in [6, 6.07) is 7.77. The average molecular weight is 457 g/mol. The van der Waals surface area contributed by atoms with E-state index in [2.05, 4.69) is 0 Å². The molecule has 0 saturated carbocycles. The van der Waals surface area contributed by atoms with E-state index in [-0.39, 0.29) is 30.6 Å². The Labute approximate surface area is 183 Å². The molecule has 2 aromatic rings. The first-order valence-corrected chi connectivity index (χ1v) is 10.2. The van der Waals surface area contributed by atoms with Crippen molar-refractivity contribution in [1.82, 2.24) is 9.80 Å². The summed E-state index contributed by atoms with van der Waals surface area (Å²) in [6.07, 6.45) is 0.635. The van der Waals surface area contributed by atoms with Crippen molar-refractivity contribution in [1.29, 1.82) is 0 Å². The molecule has 1 aliphatic heterocycles. The molecule has 2 amide bonds. The molecule has 2 aromatic carbocycles. The second-order valence-corrected chi connectivity index (χ2v) is 7.73. The Bertz CT molecular complexity index is 914. The summed E-state index contributed by atoms with van der Waals surface area (Å²) in [5.41, 5.74) is 0.414. The van der Waals surface area contributed by atoms with Gasteiger partial charge in [-0.1, -0.05) is 23.2 Å². The van der Waals surface area contributed by atoms with Crippen molar-refractivity contribution in [3.05, 3.63) is 63.6 Å². The van der Waals surface area contributed by atoms with Crippen LogP contribution >= 0.6 is 23.2 Å². The lowest BCUT2D eigenvalue weighted by Gasteiger charge is -2.35. The third-order valence-corrected chi connectivity index (χ3v) is 5.15. The van der Waals surface area contributed by atoms with Crippen LogP contribution in [0.25, 0.3) is 0 Å². The zero-order valence-electron chi connectivity index (χ0n) is 16.0. The van der Waals surface area contributed by atoms with E-state index in [1.54, 1.807) is 28.0 Å². The monoisotopic (exact) mass is 456 g/mol. The predicted molar refractivity (Wildman–Crippen MR) is 110 cm³/mol. The van der Waals surface area contributed by atoms with E-state index in [1.807, 2.05) is 0 Å². The summed E-state index contributed by atoms with van der Waals surface area (Å²) in [4.78, 5) is 28.3. The number of rotatable bonds is 6. The van der Waals surface area contributed by atoms with E-state index in [9.17, 15) is 18.4 Å². The predicted octanol–water partition coefficient (Wildman–Crippen LogP) is 4.42. The number of benzene rings is 2. The third kappa shape index (κ3) is 5.83. The van der Waals surface area contributed by atoms with Crippen molar-refractivity contribution in [3.63, 3.8) is 0 Å². The largest absolute Gasteiger partial charge is 0.491 e. The highest BCUT2D eigenvalue weighted by Crippen LogP contribution is 2.21. The Morgan fingerprint density at radius 1 is 0.933 bits per heavy atom. The van der Waals surface area contributed by atoms with Gasteiger partial charge in [0.05, 0.1) is 6.61 Å². The molecule has 1 aliphatic rings. The van der Waals surface area contributed by atoms with Gasteiger partial charge >= 0.3 is 0 Å². The molecule has 0 aromatic heterocycles.